The van der Waals surface area contributed by atoms with Crippen molar-refractivity contribution in [3.63, 3.8) is 0 Å². The second-order valence-electron chi connectivity index (χ2n) is 10.6. The maximum Gasteiger partial charge on any atom is 0.187 e. The third-order valence-electron chi connectivity index (χ3n) is 9.10. The second kappa shape index (κ2) is 8.55. The normalized spacial score (nSPS) is 32.6. The van der Waals surface area contributed by atoms with E-state index in [0.29, 0.717) is 22.1 Å². The maximum atomic E-state index is 13.2. The molecule has 0 radical (unpaired) electrons. The van der Waals surface area contributed by atoms with E-state index in [-0.39, 0.29) is 17.1 Å². The minimum absolute atomic E-state index is 0.00954. The van der Waals surface area contributed by atoms with Gasteiger partial charge in [0.15, 0.2) is 5.78 Å². The lowest BCUT2D eigenvalue weighted by Crippen LogP contribution is -2.51. The van der Waals surface area contributed by atoms with Crippen molar-refractivity contribution in [1.29, 1.82) is 0 Å². The van der Waals surface area contributed by atoms with Gasteiger partial charge in [0.25, 0.3) is 0 Å². The van der Waals surface area contributed by atoms with Gasteiger partial charge >= 0.3 is 0 Å². The molecule has 2 aromatic rings. The van der Waals surface area contributed by atoms with Gasteiger partial charge in [0.2, 0.25) is 0 Å². The van der Waals surface area contributed by atoms with E-state index in [4.69, 9.17) is 16.3 Å². The fourth-order valence-electron chi connectivity index (χ4n) is 7.53. The summed E-state index contributed by atoms with van der Waals surface area (Å²) in [5, 5.41) is 11.5. The van der Waals surface area contributed by atoms with Gasteiger partial charge in [-0.05, 0) is 116 Å². The molecule has 2 saturated carbocycles. The Bertz CT molecular complexity index is 1090. The maximum absolute atomic E-state index is 13.2. The number of ketones is 1. The molecule has 0 aliphatic heterocycles. The third-order valence-corrected chi connectivity index (χ3v) is 10.3. The molecular formula is C28H33ClO3S. The molecule has 0 spiro atoms. The van der Waals surface area contributed by atoms with Crippen molar-refractivity contribution >= 4 is 34.8 Å². The van der Waals surface area contributed by atoms with E-state index < -0.39 is 5.60 Å². The largest absolute Gasteiger partial charge is 0.497 e. The molecule has 5 heteroatoms. The van der Waals surface area contributed by atoms with E-state index >= 15 is 0 Å². The molecule has 1 N–H and O–H groups in total. The number of rotatable bonds is 5. The van der Waals surface area contributed by atoms with E-state index in [1.807, 2.05) is 12.1 Å². The van der Waals surface area contributed by atoms with Crippen molar-refractivity contribution in [3.05, 3.63) is 56.7 Å². The Labute approximate surface area is 205 Å². The molecular weight excluding hydrogens is 452 g/mol. The highest BCUT2D eigenvalue weighted by atomic mass is 35.5. The molecule has 33 heavy (non-hydrogen) atoms. The van der Waals surface area contributed by atoms with Crippen molar-refractivity contribution < 1.29 is 14.6 Å². The zero-order chi connectivity index (χ0) is 23.4. The Hall–Kier alpha value is -1.62. The molecule has 0 amide bonds. The van der Waals surface area contributed by atoms with Crippen LogP contribution in [0.3, 0.4) is 0 Å². The number of carbonyl (C=O) groups is 1. The quantitative estimate of drug-likeness (QED) is 0.468. The molecule has 1 aromatic heterocycles. The Morgan fingerprint density at radius 3 is 2.79 bits per heavy atom. The Morgan fingerprint density at radius 2 is 2.06 bits per heavy atom. The fourth-order valence-corrected chi connectivity index (χ4v) is 8.49. The van der Waals surface area contributed by atoms with Crippen LogP contribution in [-0.2, 0) is 11.2 Å². The van der Waals surface area contributed by atoms with Gasteiger partial charge in [-0.3, -0.25) is 4.79 Å². The summed E-state index contributed by atoms with van der Waals surface area (Å²) < 4.78 is 6.15. The SMILES string of the molecule is COc1ccc2c(c1)CC[C@@H]1[C@@H]2CC[C@]2(C)C([C@@](C)(O)C(=O)/C=C/c3ccc(Cl)s3)CC[C@@H]12. The first-order valence-electron chi connectivity index (χ1n) is 12.1. The van der Waals surface area contributed by atoms with Crippen molar-refractivity contribution in [1.82, 2.24) is 0 Å². The summed E-state index contributed by atoms with van der Waals surface area (Å²) >= 11 is 7.45. The van der Waals surface area contributed by atoms with Crippen LogP contribution in [0.15, 0.2) is 36.4 Å². The van der Waals surface area contributed by atoms with Gasteiger partial charge in [-0.1, -0.05) is 24.6 Å². The van der Waals surface area contributed by atoms with Gasteiger partial charge < -0.3 is 9.84 Å². The number of carbonyl (C=O) groups excluding carboxylic acids is 1. The minimum atomic E-state index is -1.35. The average Bonchev–Trinajstić information content (AvgIpc) is 3.39. The molecule has 3 aliphatic carbocycles. The number of aliphatic hydroxyl groups is 1. The van der Waals surface area contributed by atoms with Crippen molar-refractivity contribution in [2.75, 3.05) is 7.11 Å². The first-order valence-corrected chi connectivity index (χ1v) is 13.3. The molecule has 3 aliphatic rings. The zero-order valence-electron chi connectivity index (χ0n) is 19.6. The Kier molecular flexibility index (Phi) is 5.99. The number of ether oxygens (including phenoxy) is 1. The molecule has 0 bridgehead atoms. The molecule has 2 fully saturated rings. The van der Waals surface area contributed by atoms with Crippen LogP contribution in [0.5, 0.6) is 5.75 Å². The second-order valence-corrected chi connectivity index (χ2v) is 12.4. The molecule has 0 saturated heterocycles. The van der Waals surface area contributed by atoms with Gasteiger partial charge in [0.05, 0.1) is 11.4 Å². The van der Waals surface area contributed by atoms with Gasteiger partial charge in [-0.2, -0.15) is 0 Å². The number of fused-ring (bicyclic) bond motifs is 5. The number of thiophene rings is 1. The summed E-state index contributed by atoms with van der Waals surface area (Å²) in [6.45, 7) is 4.09. The molecule has 1 heterocycles. The summed E-state index contributed by atoms with van der Waals surface area (Å²) in [5.41, 5.74) is 1.57. The molecule has 3 nitrogen and oxygen atoms in total. The number of hydrogen-bond acceptors (Lipinski definition) is 4. The number of aryl methyl sites for hydroxylation is 1. The van der Waals surface area contributed by atoms with Crippen LogP contribution >= 0.6 is 22.9 Å². The van der Waals surface area contributed by atoms with Gasteiger partial charge in [-0.25, -0.2) is 0 Å². The lowest BCUT2D eigenvalue weighted by Gasteiger charge is -2.52. The summed E-state index contributed by atoms with van der Waals surface area (Å²) in [7, 11) is 1.73. The molecule has 1 unspecified atom stereocenters. The number of methoxy groups -OCH3 is 1. The third kappa shape index (κ3) is 3.88. The van der Waals surface area contributed by atoms with Gasteiger partial charge in [0.1, 0.15) is 11.4 Å². The Balaban J connectivity index is 1.37. The standard InChI is InChI=1S/C28H33ClO3S/c1-27-15-14-21-20-9-5-18(32-3)16-17(20)4-8-22(21)23(27)10-11-24(27)28(2,31)25(30)12-6-19-7-13-26(29)33-19/h5-7,9,12-13,16,21-24,31H,4,8,10-11,14-15H2,1-3H3/b12-6+/t21-,22-,23+,24?,27+,28-/m1/s1. The van der Waals surface area contributed by atoms with Crippen LogP contribution in [0.4, 0.5) is 0 Å². The van der Waals surface area contributed by atoms with Crippen LogP contribution < -0.4 is 4.74 Å². The van der Waals surface area contributed by atoms with E-state index in [1.54, 1.807) is 26.2 Å². The van der Waals surface area contributed by atoms with E-state index in [0.717, 1.165) is 42.7 Å². The van der Waals surface area contributed by atoms with Gasteiger partial charge in [-0.15, -0.1) is 11.3 Å². The molecule has 5 rings (SSSR count). The Morgan fingerprint density at radius 1 is 1.24 bits per heavy atom. The van der Waals surface area contributed by atoms with Crippen LogP contribution in [0.2, 0.25) is 4.34 Å². The summed E-state index contributed by atoms with van der Waals surface area (Å²) in [5.74, 6) is 2.50. The van der Waals surface area contributed by atoms with Crippen LogP contribution in [0.25, 0.3) is 6.08 Å². The molecule has 176 valence electrons. The summed E-state index contributed by atoms with van der Waals surface area (Å²) in [4.78, 5) is 14.1. The number of halogens is 1. The molecule has 1 aromatic carbocycles. The van der Waals surface area contributed by atoms with Crippen molar-refractivity contribution in [2.24, 2.45) is 23.2 Å². The highest BCUT2D eigenvalue weighted by Gasteiger charge is 2.60. The smallest absolute Gasteiger partial charge is 0.187 e. The predicted octanol–water partition coefficient (Wildman–Crippen LogP) is 6.92. The van der Waals surface area contributed by atoms with E-state index in [1.165, 1.54) is 28.9 Å². The summed E-state index contributed by atoms with van der Waals surface area (Å²) in [6, 6.07) is 10.3. The first-order chi connectivity index (χ1) is 15.7. The fraction of sp³-hybridized carbons (Fsp3) is 0.536. The zero-order valence-corrected chi connectivity index (χ0v) is 21.2. The van der Waals surface area contributed by atoms with E-state index in [2.05, 4.69) is 25.1 Å². The minimum Gasteiger partial charge on any atom is -0.497 e. The highest BCUT2D eigenvalue weighted by Crippen LogP contribution is 2.65. The average molecular weight is 485 g/mol. The highest BCUT2D eigenvalue weighted by molar-refractivity contribution is 7.17. The topological polar surface area (TPSA) is 46.5 Å². The van der Waals surface area contributed by atoms with Crippen LogP contribution in [-0.4, -0.2) is 23.6 Å². The number of benzene rings is 1. The molecule has 6 atom stereocenters. The van der Waals surface area contributed by atoms with Gasteiger partial charge in [0, 0.05) is 10.8 Å². The van der Waals surface area contributed by atoms with Crippen molar-refractivity contribution in [2.45, 2.75) is 63.9 Å². The van der Waals surface area contributed by atoms with E-state index in [9.17, 15) is 9.90 Å². The van der Waals surface area contributed by atoms with Crippen molar-refractivity contribution in [3.8, 4) is 5.75 Å². The predicted molar refractivity (Wildman–Crippen MR) is 135 cm³/mol. The lowest BCUT2D eigenvalue weighted by atomic mass is 9.52. The first kappa shape index (κ1) is 23.1. The monoisotopic (exact) mass is 484 g/mol. The van der Waals surface area contributed by atoms with Crippen LogP contribution in [0, 0.1) is 23.2 Å². The van der Waals surface area contributed by atoms with Crippen LogP contribution in [0.1, 0.15) is 67.9 Å². The number of hydrogen-bond donors (Lipinski definition) is 1. The summed E-state index contributed by atoms with van der Waals surface area (Å²) in [6.07, 6.45) is 9.81. The lowest BCUT2D eigenvalue weighted by molar-refractivity contribution is -0.144.